The largest absolute Gasteiger partial charge is 0.330 e. The van der Waals surface area contributed by atoms with Crippen molar-refractivity contribution in [1.82, 2.24) is 18.8 Å². The van der Waals surface area contributed by atoms with Gasteiger partial charge in [0.05, 0.1) is 6.26 Å². The molecule has 0 aromatic carbocycles. The smallest absolute Gasteiger partial charge is 0.211 e. The van der Waals surface area contributed by atoms with Crippen LogP contribution in [-0.2, 0) is 16.6 Å². The number of rotatable bonds is 4. The molecular formula is C15H20N4O2S. The lowest BCUT2D eigenvalue weighted by Gasteiger charge is -2.30. The molecule has 1 saturated heterocycles. The van der Waals surface area contributed by atoms with E-state index < -0.39 is 10.0 Å². The highest BCUT2D eigenvalue weighted by Gasteiger charge is 2.27. The molecule has 22 heavy (non-hydrogen) atoms. The third-order valence-corrected chi connectivity index (χ3v) is 5.44. The number of piperidine rings is 1. The van der Waals surface area contributed by atoms with Gasteiger partial charge in [-0.2, -0.15) is 0 Å². The zero-order chi connectivity index (χ0) is 15.6. The molecule has 1 fully saturated rings. The van der Waals surface area contributed by atoms with E-state index in [4.69, 9.17) is 0 Å². The molecule has 0 N–H and O–H groups in total. The lowest BCUT2D eigenvalue weighted by atomic mass is 9.97. The van der Waals surface area contributed by atoms with Crippen molar-refractivity contribution in [2.24, 2.45) is 0 Å². The van der Waals surface area contributed by atoms with Gasteiger partial charge in [-0.05, 0) is 30.5 Å². The van der Waals surface area contributed by atoms with Gasteiger partial charge in [-0.3, -0.25) is 4.98 Å². The SMILES string of the molecule is CS(=O)(=O)N1CCC(c2nccn2Cc2ccncc2)CC1. The first-order valence-corrected chi connectivity index (χ1v) is 9.24. The molecule has 1 aliphatic heterocycles. The van der Waals surface area contributed by atoms with E-state index in [1.54, 1.807) is 16.7 Å². The van der Waals surface area contributed by atoms with Gasteiger partial charge in [0.25, 0.3) is 0 Å². The van der Waals surface area contributed by atoms with E-state index in [2.05, 4.69) is 14.5 Å². The third kappa shape index (κ3) is 3.36. The van der Waals surface area contributed by atoms with Gasteiger partial charge in [-0.15, -0.1) is 0 Å². The molecule has 6 nitrogen and oxygen atoms in total. The maximum Gasteiger partial charge on any atom is 0.211 e. The van der Waals surface area contributed by atoms with Gasteiger partial charge in [0.2, 0.25) is 10.0 Å². The number of sulfonamides is 1. The minimum Gasteiger partial charge on any atom is -0.330 e. The number of hydrogen-bond acceptors (Lipinski definition) is 4. The highest BCUT2D eigenvalue weighted by Crippen LogP contribution is 2.28. The molecule has 2 aromatic heterocycles. The highest BCUT2D eigenvalue weighted by atomic mass is 32.2. The fourth-order valence-corrected chi connectivity index (χ4v) is 3.82. The Morgan fingerprint density at radius 2 is 1.86 bits per heavy atom. The Kier molecular flexibility index (Phi) is 4.26. The van der Waals surface area contributed by atoms with Crippen molar-refractivity contribution >= 4 is 10.0 Å². The van der Waals surface area contributed by atoms with Gasteiger partial charge in [-0.25, -0.2) is 17.7 Å². The third-order valence-electron chi connectivity index (χ3n) is 4.14. The Labute approximate surface area is 130 Å². The summed E-state index contributed by atoms with van der Waals surface area (Å²) in [6, 6.07) is 3.99. The first-order chi connectivity index (χ1) is 10.5. The monoisotopic (exact) mass is 320 g/mol. The Morgan fingerprint density at radius 1 is 1.18 bits per heavy atom. The minimum absolute atomic E-state index is 0.315. The van der Waals surface area contributed by atoms with Crippen molar-refractivity contribution in [1.29, 1.82) is 0 Å². The molecule has 0 saturated carbocycles. The summed E-state index contributed by atoms with van der Waals surface area (Å²) in [6.45, 7) is 1.92. The lowest BCUT2D eigenvalue weighted by molar-refractivity contribution is 0.312. The van der Waals surface area contributed by atoms with E-state index >= 15 is 0 Å². The second kappa shape index (κ2) is 6.18. The van der Waals surface area contributed by atoms with Crippen LogP contribution >= 0.6 is 0 Å². The summed E-state index contributed by atoms with van der Waals surface area (Å²) in [7, 11) is -3.08. The van der Waals surface area contributed by atoms with Crippen molar-refractivity contribution in [2.75, 3.05) is 19.3 Å². The lowest BCUT2D eigenvalue weighted by Crippen LogP contribution is -2.37. The van der Waals surface area contributed by atoms with Gasteiger partial charge in [0.1, 0.15) is 5.82 Å². The molecule has 0 amide bonds. The van der Waals surface area contributed by atoms with E-state index in [-0.39, 0.29) is 0 Å². The minimum atomic E-state index is -3.08. The van der Waals surface area contributed by atoms with Crippen LogP contribution in [0.1, 0.15) is 30.1 Å². The fourth-order valence-electron chi connectivity index (χ4n) is 2.94. The van der Waals surface area contributed by atoms with Crippen molar-refractivity contribution in [3.8, 4) is 0 Å². The number of pyridine rings is 1. The quantitative estimate of drug-likeness (QED) is 0.855. The van der Waals surface area contributed by atoms with Gasteiger partial charge in [0.15, 0.2) is 0 Å². The van der Waals surface area contributed by atoms with Crippen LogP contribution in [0.5, 0.6) is 0 Å². The van der Waals surface area contributed by atoms with E-state index in [9.17, 15) is 8.42 Å². The van der Waals surface area contributed by atoms with Crippen molar-refractivity contribution in [3.63, 3.8) is 0 Å². The van der Waals surface area contributed by atoms with Gasteiger partial charge >= 0.3 is 0 Å². The predicted molar refractivity (Wildman–Crippen MR) is 84.0 cm³/mol. The van der Waals surface area contributed by atoms with Crippen LogP contribution in [0.2, 0.25) is 0 Å². The molecule has 1 aliphatic rings. The molecule has 0 radical (unpaired) electrons. The number of nitrogens with zero attached hydrogens (tertiary/aromatic N) is 4. The van der Waals surface area contributed by atoms with Crippen LogP contribution in [0.25, 0.3) is 0 Å². The molecule has 0 atom stereocenters. The van der Waals surface area contributed by atoms with Gasteiger partial charge < -0.3 is 4.57 Å². The molecule has 0 unspecified atom stereocenters. The summed E-state index contributed by atoms with van der Waals surface area (Å²) in [5.74, 6) is 1.36. The van der Waals surface area contributed by atoms with E-state index in [1.165, 1.54) is 11.8 Å². The Morgan fingerprint density at radius 3 is 2.50 bits per heavy atom. The molecule has 0 aliphatic carbocycles. The Bertz CT molecular complexity index is 719. The summed E-state index contributed by atoms with van der Waals surface area (Å²) < 4.78 is 26.9. The average Bonchev–Trinajstić information content (AvgIpc) is 2.96. The van der Waals surface area contributed by atoms with Crippen molar-refractivity contribution in [3.05, 3.63) is 48.3 Å². The predicted octanol–water partition coefficient (Wildman–Crippen LogP) is 1.47. The van der Waals surface area contributed by atoms with Crippen LogP contribution in [0, 0.1) is 0 Å². The maximum atomic E-state index is 11.6. The van der Waals surface area contributed by atoms with Gasteiger partial charge in [0, 0.05) is 50.3 Å². The fraction of sp³-hybridized carbons (Fsp3) is 0.467. The average molecular weight is 320 g/mol. The second-order valence-corrected chi connectivity index (χ2v) is 7.69. The van der Waals surface area contributed by atoms with E-state index in [1.807, 2.05) is 24.5 Å². The first kappa shape index (κ1) is 15.2. The molecule has 7 heteroatoms. The van der Waals surface area contributed by atoms with E-state index in [0.717, 1.165) is 25.2 Å². The van der Waals surface area contributed by atoms with Crippen LogP contribution < -0.4 is 0 Å². The van der Waals surface area contributed by atoms with Crippen molar-refractivity contribution < 1.29 is 8.42 Å². The highest BCUT2D eigenvalue weighted by molar-refractivity contribution is 7.88. The Hall–Kier alpha value is -1.73. The molecular weight excluding hydrogens is 300 g/mol. The number of hydrogen-bond donors (Lipinski definition) is 0. The molecule has 0 spiro atoms. The molecule has 3 heterocycles. The van der Waals surface area contributed by atoms with Crippen LogP contribution in [0.15, 0.2) is 36.9 Å². The second-order valence-electron chi connectivity index (χ2n) is 5.71. The van der Waals surface area contributed by atoms with Crippen molar-refractivity contribution in [2.45, 2.75) is 25.3 Å². The van der Waals surface area contributed by atoms with E-state index in [0.29, 0.717) is 19.0 Å². The molecule has 0 bridgehead atoms. The standard InChI is InChI=1S/C15H20N4O2S/c1-22(20,21)19-9-4-14(5-10-19)15-17-8-11-18(15)12-13-2-6-16-7-3-13/h2-3,6-8,11,14H,4-5,9-10,12H2,1H3. The van der Waals surface area contributed by atoms with Crippen LogP contribution in [-0.4, -0.2) is 46.6 Å². The number of imidazole rings is 1. The maximum absolute atomic E-state index is 11.6. The Balaban J connectivity index is 1.71. The molecule has 118 valence electrons. The first-order valence-electron chi connectivity index (χ1n) is 7.39. The molecule has 3 rings (SSSR count). The summed E-state index contributed by atoms with van der Waals surface area (Å²) in [4.78, 5) is 8.53. The summed E-state index contributed by atoms with van der Waals surface area (Å²) in [5, 5.41) is 0. The summed E-state index contributed by atoms with van der Waals surface area (Å²) >= 11 is 0. The zero-order valence-electron chi connectivity index (χ0n) is 12.6. The van der Waals surface area contributed by atoms with Gasteiger partial charge in [-0.1, -0.05) is 0 Å². The van der Waals surface area contributed by atoms with Crippen LogP contribution in [0.4, 0.5) is 0 Å². The topological polar surface area (TPSA) is 68.1 Å². The number of aromatic nitrogens is 3. The zero-order valence-corrected chi connectivity index (χ0v) is 13.4. The molecule has 2 aromatic rings. The summed E-state index contributed by atoms with van der Waals surface area (Å²) in [6.07, 6.45) is 10.3. The van der Waals surface area contributed by atoms with Crippen LogP contribution in [0.3, 0.4) is 0 Å². The normalized spacial score (nSPS) is 17.7. The summed E-state index contributed by atoms with van der Waals surface area (Å²) in [5.41, 5.74) is 1.18.